The highest BCUT2D eigenvalue weighted by atomic mass is 79.9. The number of thiocarbonyl (C=S) groups is 1. The van der Waals surface area contributed by atoms with Gasteiger partial charge in [0.25, 0.3) is 0 Å². The minimum absolute atomic E-state index is 0.706. The van der Waals surface area contributed by atoms with Gasteiger partial charge >= 0.3 is 0 Å². The summed E-state index contributed by atoms with van der Waals surface area (Å²) < 4.78 is 0. The van der Waals surface area contributed by atoms with Gasteiger partial charge in [-0.3, -0.25) is 0 Å². The molecule has 1 nitrogen and oxygen atoms in total. The van der Waals surface area contributed by atoms with Gasteiger partial charge in [0, 0.05) is 5.69 Å². The Kier molecular flexibility index (Phi) is 3.52. The Morgan fingerprint density at radius 2 is 2.00 bits per heavy atom. The standard InChI is InChI=1S/C8H8BrNS/c9-6-8(11)10-7-4-2-1-3-5-7/h1-5H,6H2,(H,10,11). The Morgan fingerprint density at radius 3 is 2.55 bits per heavy atom. The number of para-hydroxylation sites is 1. The maximum absolute atomic E-state index is 4.98. The first-order chi connectivity index (χ1) is 5.33. The van der Waals surface area contributed by atoms with Crippen molar-refractivity contribution >= 4 is 38.8 Å². The van der Waals surface area contributed by atoms with E-state index < -0.39 is 0 Å². The van der Waals surface area contributed by atoms with Gasteiger partial charge in [-0.1, -0.05) is 46.3 Å². The van der Waals surface area contributed by atoms with E-state index in [0.29, 0.717) is 5.33 Å². The second-order valence-corrected chi connectivity index (χ2v) is 3.10. The smallest absolute Gasteiger partial charge is 0.0904 e. The van der Waals surface area contributed by atoms with Crippen LogP contribution in [0.5, 0.6) is 0 Å². The van der Waals surface area contributed by atoms with Crippen molar-refractivity contribution in [2.75, 3.05) is 10.6 Å². The Labute approximate surface area is 79.9 Å². The molecule has 0 unspecified atom stereocenters. The molecule has 0 saturated heterocycles. The lowest BCUT2D eigenvalue weighted by molar-refractivity contribution is 1.64. The number of hydrogen-bond acceptors (Lipinski definition) is 1. The molecule has 1 rings (SSSR count). The molecule has 0 aliphatic heterocycles. The monoisotopic (exact) mass is 229 g/mol. The molecule has 3 heteroatoms. The van der Waals surface area contributed by atoms with Crippen LogP contribution in [-0.2, 0) is 0 Å². The molecule has 1 aromatic rings. The molecular formula is C8H8BrNS. The summed E-state index contributed by atoms with van der Waals surface area (Å²) in [6.45, 7) is 0. The van der Waals surface area contributed by atoms with Crippen molar-refractivity contribution in [1.82, 2.24) is 0 Å². The summed E-state index contributed by atoms with van der Waals surface area (Å²) in [5.74, 6) is 0. The molecule has 0 atom stereocenters. The highest BCUT2D eigenvalue weighted by molar-refractivity contribution is 9.09. The average Bonchev–Trinajstić information content (AvgIpc) is 2.06. The van der Waals surface area contributed by atoms with Gasteiger partial charge in [0.05, 0.1) is 10.3 Å². The number of alkyl halides is 1. The van der Waals surface area contributed by atoms with Crippen molar-refractivity contribution < 1.29 is 0 Å². The molecular weight excluding hydrogens is 222 g/mol. The number of anilines is 1. The van der Waals surface area contributed by atoms with E-state index in [1.807, 2.05) is 30.3 Å². The van der Waals surface area contributed by atoms with Gasteiger partial charge in [-0.2, -0.15) is 0 Å². The Bertz CT molecular complexity index is 235. The highest BCUT2D eigenvalue weighted by Gasteiger charge is 1.92. The molecule has 1 N–H and O–H groups in total. The molecule has 11 heavy (non-hydrogen) atoms. The first-order valence-electron chi connectivity index (χ1n) is 3.24. The molecule has 0 aliphatic carbocycles. The van der Waals surface area contributed by atoms with Crippen molar-refractivity contribution in [2.24, 2.45) is 0 Å². The fraction of sp³-hybridized carbons (Fsp3) is 0.125. The van der Waals surface area contributed by atoms with Crippen molar-refractivity contribution in [3.63, 3.8) is 0 Å². The lowest BCUT2D eigenvalue weighted by Gasteiger charge is -2.03. The van der Waals surface area contributed by atoms with E-state index in [9.17, 15) is 0 Å². The Morgan fingerprint density at radius 1 is 1.36 bits per heavy atom. The first-order valence-corrected chi connectivity index (χ1v) is 4.77. The van der Waals surface area contributed by atoms with Crippen LogP contribution in [0.4, 0.5) is 5.69 Å². The van der Waals surface area contributed by atoms with E-state index in [4.69, 9.17) is 12.2 Å². The van der Waals surface area contributed by atoms with Crippen molar-refractivity contribution in [1.29, 1.82) is 0 Å². The van der Waals surface area contributed by atoms with Gasteiger partial charge < -0.3 is 5.32 Å². The van der Waals surface area contributed by atoms with E-state index in [1.165, 1.54) is 0 Å². The number of halogens is 1. The lowest BCUT2D eigenvalue weighted by Crippen LogP contribution is -2.09. The summed E-state index contributed by atoms with van der Waals surface area (Å²) in [7, 11) is 0. The third kappa shape index (κ3) is 2.99. The molecule has 0 heterocycles. The van der Waals surface area contributed by atoms with Crippen LogP contribution in [0.2, 0.25) is 0 Å². The largest absolute Gasteiger partial charge is 0.349 e. The van der Waals surface area contributed by atoms with Gasteiger partial charge in [0.2, 0.25) is 0 Å². The fourth-order valence-corrected chi connectivity index (χ4v) is 0.974. The maximum Gasteiger partial charge on any atom is 0.0904 e. The zero-order valence-electron chi connectivity index (χ0n) is 5.88. The lowest BCUT2D eigenvalue weighted by atomic mass is 10.3. The van der Waals surface area contributed by atoms with Gasteiger partial charge in [0.15, 0.2) is 0 Å². The van der Waals surface area contributed by atoms with Crippen LogP contribution < -0.4 is 5.32 Å². The third-order valence-corrected chi connectivity index (χ3v) is 2.36. The minimum atomic E-state index is 0.706. The number of hydrogen-bond donors (Lipinski definition) is 1. The molecule has 1 aromatic carbocycles. The van der Waals surface area contributed by atoms with Gasteiger partial charge in [-0.05, 0) is 12.1 Å². The minimum Gasteiger partial charge on any atom is -0.349 e. The Balaban J connectivity index is 2.58. The number of nitrogens with one attached hydrogen (secondary N) is 1. The predicted octanol–water partition coefficient (Wildman–Crippen LogP) is 2.82. The van der Waals surface area contributed by atoms with E-state index in [0.717, 1.165) is 10.7 Å². The molecule has 0 bridgehead atoms. The van der Waals surface area contributed by atoms with Crippen LogP contribution in [-0.4, -0.2) is 10.3 Å². The molecule has 0 fully saturated rings. The fourth-order valence-electron chi connectivity index (χ4n) is 0.716. The highest BCUT2D eigenvalue weighted by Crippen LogP contribution is 2.05. The van der Waals surface area contributed by atoms with Crippen molar-refractivity contribution in [3.8, 4) is 0 Å². The van der Waals surface area contributed by atoms with E-state index in [-0.39, 0.29) is 0 Å². The van der Waals surface area contributed by atoms with Crippen LogP contribution in [0.3, 0.4) is 0 Å². The SMILES string of the molecule is S=C(CBr)Nc1ccccc1. The quantitative estimate of drug-likeness (QED) is 0.619. The normalized spacial score (nSPS) is 9.18. The Hall–Kier alpha value is -0.410. The topological polar surface area (TPSA) is 12.0 Å². The summed E-state index contributed by atoms with van der Waals surface area (Å²) >= 11 is 8.25. The maximum atomic E-state index is 4.98. The molecule has 0 radical (unpaired) electrons. The molecule has 0 aliphatic rings. The van der Waals surface area contributed by atoms with Gasteiger partial charge in [-0.15, -0.1) is 0 Å². The van der Waals surface area contributed by atoms with Gasteiger partial charge in [-0.25, -0.2) is 0 Å². The summed E-state index contributed by atoms with van der Waals surface area (Å²) in [6, 6.07) is 9.88. The second kappa shape index (κ2) is 4.46. The van der Waals surface area contributed by atoms with E-state index in [2.05, 4.69) is 21.2 Å². The number of rotatable bonds is 2. The van der Waals surface area contributed by atoms with Crippen LogP contribution in [0.15, 0.2) is 30.3 Å². The second-order valence-electron chi connectivity index (χ2n) is 2.05. The third-order valence-electron chi connectivity index (χ3n) is 1.18. The molecule has 58 valence electrons. The summed E-state index contributed by atoms with van der Waals surface area (Å²) in [5.41, 5.74) is 1.04. The van der Waals surface area contributed by atoms with Crippen LogP contribution in [0.1, 0.15) is 0 Å². The van der Waals surface area contributed by atoms with Gasteiger partial charge in [0.1, 0.15) is 0 Å². The van der Waals surface area contributed by atoms with Crippen molar-refractivity contribution in [3.05, 3.63) is 30.3 Å². The zero-order valence-corrected chi connectivity index (χ0v) is 8.28. The average molecular weight is 230 g/mol. The van der Waals surface area contributed by atoms with E-state index in [1.54, 1.807) is 0 Å². The molecule has 0 aromatic heterocycles. The molecule has 0 saturated carbocycles. The van der Waals surface area contributed by atoms with E-state index >= 15 is 0 Å². The summed E-state index contributed by atoms with van der Waals surface area (Å²) in [6.07, 6.45) is 0. The molecule has 0 amide bonds. The summed E-state index contributed by atoms with van der Waals surface area (Å²) in [4.78, 5) is 0.802. The van der Waals surface area contributed by atoms with Crippen LogP contribution >= 0.6 is 28.1 Å². The zero-order chi connectivity index (χ0) is 8.10. The van der Waals surface area contributed by atoms with Crippen LogP contribution in [0, 0.1) is 0 Å². The number of benzene rings is 1. The molecule has 0 spiro atoms. The predicted molar refractivity (Wildman–Crippen MR) is 56.5 cm³/mol. The summed E-state index contributed by atoms with van der Waals surface area (Å²) in [5, 5.41) is 3.78. The van der Waals surface area contributed by atoms with Crippen molar-refractivity contribution in [2.45, 2.75) is 0 Å². The van der Waals surface area contributed by atoms with Crippen LogP contribution in [0.25, 0.3) is 0 Å². The first kappa shape index (κ1) is 8.68.